The number of methoxy groups -OCH3 is 1. The van der Waals surface area contributed by atoms with Gasteiger partial charge >= 0.3 is 5.97 Å². The molecule has 5 heteroatoms. The molecule has 0 spiro atoms. The normalized spacial score (nSPS) is 12.5. The zero-order chi connectivity index (χ0) is 9.14. The van der Waals surface area contributed by atoms with Crippen molar-refractivity contribution in [2.24, 2.45) is 0 Å². The summed E-state index contributed by atoms with van der Waals surface area (Å²) in [6.07, 6.45) is 1.54. The summed E-state index contributed by atoms with van der Waals surface area (Å²) in [4.78, 5) is 12.0. The Morgan fingerprint density at radius 2 is 2.33 bits per heavy atom. The summed E-state index contributed by atoms with van der Waals surface area (Å²) in [5, 5.41) is 1.73. The number of carbonyl (C=O) groups excluding carboxylic acids is 1. The Labute approximate surface area is 76.8 Å². The molecule has 1 aromatic rings. The van der Waals surface area contributed by atoms with E-state index < -0.39 is 16.8 Å². The second-order valence-corrected chi connectivity index (χ2v) is 4.32. The maximum atomic E-state index is 11.1. The van der Waals surface area contributed by atoms with Crippen LogP contribution in [0.4, 0.5) is 0 Å². The van der Waals surface area contributed by atoms with Crippen molar-refractivity contribution in [3.63, 3.8) is 0 Å². The minimum Gasteiger partial charge on any atom is -0.465 e. The molecule has 1 heterocycles. The Morgan fingerprint density at radius 3 is 2.83 bits per heavy atom. The van der Waals surface area contributed by atoms with Crippen LogP contribution in [0.1, 0.15) is 9.67 Å². The van der Waals surface area contributed by atoms with Gasteiger partial charge in [0.05, 0.1) is 22.8 Å². The van der Waals surface area contributed by atoms with Crippen LogP contribution >= 0.6 is 11.3 Å². The minimum absolute atomic E-state index is 0.421. The Hall–Kier alpha value is -0.680. The first-order valence-corrected chi connectivity index (χ1v) is 5.60. The van der Waals surface area contributed by atoms with Crippen molar-refractivity contribution in [3.8, 4) is 0 Å². The molecule has 0 radical (unpaired) electrons. The average Bonchev–Trinajstić information content (AvgIpc) is 2.50. The molecule has 1 atom stereocenters. The van der Waals surface area contributed by atoms with Crippen molar-refractivity contribution < 1.29 is 13.7 Å². The van der Waals surface area contributed by atoms with Gasteiger partial charge in [-0.25, -0.2) is 4.79 Å². The Morgan fingerprint density at radius 1 is 1.67 bits per heavy atom. The van der Waals surface area contributed by atoms with Crippen molar-refractivity contribution in [3.05, 3.63) is 16.3 Å². The first kappa shape index (κ1) is 9.41. The van der Waals surface area contributed by atoms with Gasteiger partial charge in [-0.1, -0.05) is 0 Å². The monoisotopic (exact) mass is 204 g/mol. The van der Waals surface area contributed by atoms with E-state index in [0.717, 1.165) is 0 Å². The van der Waals surface area contributed by atoms with E-state index in [1.165, 1.54) is 24.7 Å². The third-order valence-electron chi connectivity index (χ3n) is 1.31. The van der Waals surface area contributed by atoms with Crippen LogP contribution in [0.2, 0.25) is 0 Å². The fraction of sp³-hybridized carbons (Fsp3) is 0.286. The molecule has 1 rings (SSSR count). The van der Waals surface area contributed by atoms with Gasteiger partial charge < -0.3 is 4.74 Å². The summed E-state index contributed by atoms with van der Waals surface area (Å²) in [5.41, 5.74) is 0. The van der Waals surface area contributed by atoms with Crippen LogP contribution in [0.3, 0.4) is 0 Å². The number of hydrogen-bond donors (Lipinski definition) is 0. The van der Waals surface area contributed by atoms with E-state index in [0.29, 0.717) is 9.77 Å². The molecule has 0 aliphatic rings. The Balaban J connectivity index is 3.07. The predicted octanol–water partition coefficient (Wildman–Crippen LogP) is 1.27. The van der Waals surface area contributed by atoms with Gasteiger partial charge in [0.25, 0.3) is 0 Å². The average molecular weight is 204 g/mol. The summed E-state index contributed by atoms with van der Waals surface area (Å²) in [6.45, 7) is 0. The standard InChI is InChI=1S/C7H8O3S2/c1-10-7(8)6-5(12(2)9)3-4-11-6/h3-4H,1-2H3. The largest absolute Gasteiger partial charge is 0.465 e. The van der Waals surface area contributed by atoms with E-state index in [4.69, 9.17) is 0 Å². The fourth-order valence-electron chi connectivity index (χ4n) is 0.765. The van der Waals surface area contributed by atoms with Gasteiger partial charge in [0, 0.05) is 6.26 Å². The van der Waals surface area contributed by atoms with Crippen LogP contribution in [0.25, 0.3) is 0 Å². The lowest BCUT2D eigenvalue weighted by Crippen LogP contribution is -2.02. The lowest BCUT2D eigenvalue weighted by molar-refractivity contribution is 0.0602. The molecular weight excluding hydrogens is 196 g/mol. The number of hydrogen-bond acceptors (Lipinski definition) is 4. The van der Waals surface area contributed by atoms with E-state index in [-0.39, 0.29) is 0 Å². The van der Waals surface area contributed by atoms with Gasteiger partial charge in [0.2, 0.25) is 0 Å². The maximum Gasteiger partial charge on any atom is 0.349 e. The maximum absolute atomic E-state index is 11.1. The molecule has 0 fully saturated rings. The van der Waals surface area contributed by atoms with Crippen molar-refractivity contribution in [2.75, 3.05) is 13.4 Å². The molecule has 3 nitrogen and oxygen atoms in total. The zero-order valence-electron chi connectivity index (χ0n) is 6.70. The van der Waals surface area contributed by atoms with Gasteiger partial charge in [-0.15, -0.1) is 11.3 Å². The highest BCUT2D eigenvalue weighted by atomic mass is 32.2. The number of rotatable bonds is 2. The van der Waals surface area contributed by atoms with Gasteiger partial charge in [-0.05, 0) is 11.4 Å². The van der Waals surface area contributed by atoms with E-state index in [2.05, 4.69) is 4.74 Å². The van der Waals surface area contributed by atoms with Crippen LogP contribution in [-0.2, 0) is 15.5 Å². The summed E-state index contributed by atoms with van der Waals surface area (Å²) in [6, 6.07) is 1.67. The summed E-state index contributed by atoms with van der Waals surface area (Å²) >= 11 is 1.24. The van der Waals surface area contributed by atoms with E-state index >= 15 is 0 Å². The van der Waals surface area contributed by atoms with Crippen molar-refractivity contribution in [1.29, 1.82) is 0 Å². The second-order valence-electron chi connectivity index (χ2n) is 2.06. The van der Waals surface area contributed by atoms with E-state index in [1.807, 2.05) is 0 Å². The smallest absolute Gasteiger partial charge is 0.349 e. The highest BCUT2D eigenvalue weighted by molar-refractivity contribution is 7.84. The highest BCUT2D eigenvalue weighted by Crippen LogP contribution is 2.20. The highest BCUT2D eigenvalue weighted by Gasteiger charge is 2.15. The first-order valence-electron chi connectivity index (χ1n) is 3.16. The molecule has 0 bridgehead atoms. The number of ether oxygens (including phenoxy) is 1. The molecule has 0 saturated carbocycles. The summed E-state index contributed by atoms with van der Waals surface area (Å²) in [5.74, 6) is -0.421. The Kier molecular flexibility index (Phi) is 2.99. The number of carbonyl (C=O) groups is 1. The van der Waals surface area contributed by atoms with Crippen LogP contribution < -0.4 is 0 Å². The Bertz CT molecular complexity index is 316. The molecule has 1 aromatic heterocycles. The van der Waals surface area contributed by atoms with E-state index in [9.17, 15) is 9.00 Å². The molecule has 0 N–H and O–H groups in total. The molecule has 0 amide bonds. The molecule has 0 aliphatic carbocycles. The molecular formula is C7H8O3S2. The molecule has 0 aromatic carbocycles. The van der Waals surface area contributed by atoms with E-state index in [1.54, 1.807) is 11.4 Å². The van der Waals surface area contributed by atoms with Crippen LogP contribution in [-0.4, -0.2) is 23.5 Å². The predicted molar refractivity (Wildman–Crippen MR) is 48.0 cm³/mol. The number of esters is 1. The van der Waals surface area contributed by atoms with Crippen molar-refractivity contribution in [1.82, 2.24) is 0 Å². The number of thiophene rings is 1. The van der Waals surface area contributed by atoms with Crippen molar-refractivity contribution in [2.45, 2.75) is 4.90 Å². The molecule has 66 valence electrons. The molecule has 12 heavy (non-hydrogen) atoms. The molecule has 0 aliphatic heterocycles. The fourth-order valence-corrected chi connectivity index (χ4v) is 2.66. The summed E-state index contributed by atoms with van der Waals surface area (Å²) < 4.78 is 15.6. The van der Waals surface area contributed by atoms with Gasteiger partial charge in [-0.3, -0.25) is 4.21 Å². The van der Waals surface area contributed by atoms with Gasteiger partial charge in [0.1, 0.15) is 4.88 Å². The SMILES string of the molecule is COC(=O)c1sccc1S(C)=O. The lowest BCUT2D eigenvalue weighted by atomic mass is 10.5. The quantitative estimate of drug-likeness (QED) is 0.681. The third-order valence-corrected chi connectivity index (χ3v) is 3.29. The lowest BCUT2D eigenvalue weighted by Gasteiger charge is -1.97. The van der Waals surface area contributed by atoms with Gasteiger partial charge in [0.15, 0.2) is 0 Å². The van der Waals surface area contributed by atoms with Crippen LogP contribution in [0.5, 0.6) is 0 Å². The zero-order valence-corrected chi connectivity index (χ0v) is 8.33. The van der Waals surface area contributed by atoms with Gasteiger partial charge in [-0.2, -0.15) is 0 Å². The third kappa shape index (κ3) is 1.73. The topological polar surface area (TPSA) is 43.4 Å². The van der Waals surface area contributed by atoms with Crippen molar-refractivity contribution >= 4 is 28.1 Å². The molecule has 1 unspecified atom stereocenters. The second kappa shape index (κ2) is 3.82. The van der Waals surface area contributed by atoms with Crippen LogP contribution in [0, 0.1) is 0 Å². The minimum atomic E-state index is -1.12. The first-order chi connectivity index (χ1) is 5.66. The van der Waals surface area contributed by atoms with Crippen LogP contribution in [0.15, 0.2) is 16.3 Å². The summed E-state index contributed by atoms with van der Waals surface area (Å²) in [7, 11) is 0.188. The molecule has 0 saturated heterocycles.